The summed E-state index contributed by atoms with van der Waals surface area (Å²) >= 11 is 0. The minimum atomic E-state index is 0.0185. The van der Waals surface area contributed by atoms with Crippen LogP contribution in [0.4, 0.5) is 11.4 Å². The lowest BCUT2D eigenvalue weighted by atomic mass is 9.92. The Hall–Kier alpha value is -1.55. The van der Waals surface area contributed by atoms with Gasteiger partial charge in [-0.05, 0) is 38.1 Å². The normalized spacial score (nSPS) is 15.6. The quantitative estimate of drug-likeness (QED) is 0.778. The molecule has 0 bridgehead atoms. The SMILES string of the molecule is CN(CC(=O)Nc1cccc(N)c1)C1CCC1. The van der Waals surface area contributed by atoms with Gasteiger partial charge < -0.3 is 11.1 Å². The number of amides is 1. The van der Waals surface area contributed by atoms with Gasteiger partial charge in [-0.1, -0.05) is 12.5 Å². The van der Waals surface area contributed by atoms with E-state index in [-0.39, 0.29) is 5.91 Å². The smallest absolute Gasteiger partial charge is 0.238 e. The first-order valence-corrected chi connectivity index (χ1v) is 6.01. The van der Waals surface area contributed by atoms with E-state index in [1.54, 1.807) is 12.1 Å². The molecule has 1 saturated carbocycles. The first-order valence-electron chi connectivity index (χ1n) is 6.01. The summed E-state index contributed by atoms with van der Waals surface area (Å²) in [6.45, 7) is 0.444. The van der Waals surface area contributed by atoms with Gasteiger partial charge in [0.15, 0.2) is 0 Å². The number of likely N-dealkylation sites (N-methyl/N-ethyl adjacent to an activating group) is 1. The van der Waals surface area contributed by atoms with Crippen molar-refractivity contribution in [1.29, 1.82) is 0 Å². The highest BCUT2D eigenvalue weighted by molar-refractivity contribution is 5.92. The number of hydrogen-bond acceptors (Lipinski definition) is 3. The number of hydrogen-bond donors (Lipinski definition) is 2. The molecule has 0 spiro atoms. The third-order valence-electron chi connectivity index (χ3n) is 3.26. The predicted molar refractivity (Wildman–Crippen MR) is 69.8 cm³/mol. The molecule has 0 aromatic heterocycles. The molecular formula is C13H19N3O. The van der Waals surface area contributed by atoms with Gasteiger partial charge in [-0.15, -0.1) is 0 Å². The molecule has 17 heavy (non-hydrogen) atoms. The third-order valence-corrected chi connectivity index (χ3v) is 3.26. The van der Waals surface area contributed by atoms with Crippen molar-refractivity contribution in [3.05, 3.63) is 24.3 Å². The number of nitrogens with one attached hydrogen (secondary N) is 1. The highest BCUT2D eigenvalue weighted by Gasteiger charge is 2.23. The molecule has 1 aliphatic carbocycles. The third kappa shape index (κ3) is 3.20. The highest BCUT2D eigenvalue weighted by Crippen LogP contribution is 2.23. The van der Waals surface area contributed by atoms with Crippen LogP contribution in [0, 0.1) is 0 Å². The van der Waals surface area contributed by atoms with Gasteiger partial charge in [-0.2, -0.15) is 0 Å². The van der Waals surface area contributed by atoms with Crippen molar-refractivity contribution in [2.75, 3.05) is 24.6 Å². The van der Waals surface area contributed by atoms with Gasteiger partial charge in [0, 0.05) is 17.4 Å². The van der Waals surface area contributed by atoms with E-state index in [1.165, 1.54) is 19.3 Å². The molecule has 92 valence electrons. The zero-order chi connectivity index (χ0) is 12.3. The second-order valence-electron chi connectivity index (χ2n) is 4.67. The van der Waals surface area contributed by atoms with Crippen LogP contribution in [0.15, 0.2) is 24.3 Å². The van der Waals surface area contributed by atoms with E-state index < -0.39 is 0 Å². The van der Waals surface area contributed by atoms with E-state index in [9.17, 15) is 4.79 Å². The van der Waals surface area contributed by atoms with Gasteiger partial charge in [-0.25, -0.2) is 0 Å². The Kier molecular flexibility index (Phi) is 3.64. The molecule has 1 aliphatic rings. The average molecular weight is 233 g/mol. The molecule has 3 N–H and O–H groups in total. The van der Waals surface area contributed by atoms with Gasteiger partial charge in [0.2, 0.25) is 5.91 Å². The molecule has 4 nitrogen and oxygen atoms in total. The largest absolute Gasteiger partial charge is 0.399 e. The van der Waals surface area contributed by atoms with Crippen molar-refractivity contribution in [2.24, 2.45) is 0 Å². The monoisotopic (exact) mass is 233 g/mol. The van der Waals surface area contributed by atoms with Crippen LogP contribution < -0.4 is 11.1 Å². The minimum absolute atomic E-state index is 0.0185. The summed E-state index contributed by atoms with van der Waals surface area (Å²) in [5.74, 6) is 0.0185. The van der Waals surface area contributed by atoms with Crippen LogP contribution in [0.2, 0.25) is 0 Å². The van der Waals surface area contributed by atoms with Gasteiger partial charge in [-0.3, -0.25) is 9.69 Å². The zero-order valence-corrected chi connectivity index (χ0v) is 10.1. The molecule has 0 atom stereocenters. The van der Waals surface area contributed by atoms with E-state index >= 15 is 0 Å². The van der Waals surface area contributed by atoms with E-state index in [0.717, 1.165) is 5.69 Å². The molecule has 0 aliphatic heterocycles. The minimum Gasteiger partial charge on any atom is -0.399 e. The molecule has 1 fully saturated rings. The number of rotatable bonds is 4. The first-order chi connectivity index (χ1) is 8.15. The van der Waals surface area contributed by atoms with E-state index in [4.69, 9.17) is 5.73 Å². The molecule has 2 rings (SSSR count). The Morgan fingerprint density at radius 1 is 1.53 bits per heavy atom. The number of anilines is 2. The summed E-state index contributed by atoms with van der Waals surface area (Å²) < 4.78 is 0. The van der Waals surface area contributed by atoms with Gasteiger partial charge in [0.1, 0.15) is 0 Å². The topological polar surface area (TPSA) is 58.4 Å². The fourth-order valence-electron chi connectivity index (χ4n) is 2.00. The van der Waals surface area contributed by atoms with Gasteiger partial charge >= 0.3 is 0 Å². The fraction of sp³-hybridized carbons (Fsp3) is 0.462. The molecule has 1 aromatic carbocycles. The Bertz CT molecular complexity index is 401. The van der Waals surface area contributed by atoms with Crippen LogP contribution in [0.25, 0.3) is 0 Å². The lowest BCUT2D eigenvalue weighted by molar-refractivity contribution is -0.117. The maximum atomic E-state index is 11.8. The Balaban J connectivity index is 1.84. The average Bonchev–Trinajstić information content (AvgIpc) is 2.13. The maximum Gasteiger partial charge on any atom is 0.238 e. The second-order valence-corrected chi connectivity index (χ2v) is 4.67. The lowest BCUT2D eigenvalue weighted by Gasteiger charge is -2.34. The van der Waals surface area contributed by atoms with Crippen LogP contribution >= 0.6 is 0 Å². The summed E-state index contributed by atoms with van der Waals surface area (Å²) in [5, 5.41) is 2.86. The van der Waals surface area contributed by atoms with Crippen molar-refractivity contribution in [3.8, 4) is 0 Å². The first kappa shape index (κ1) is 11.9. The lowest BCUT2D eigenvalue weighted by Crippen LogP contribution is -2.41. The van der Waals surface area contributed by atoms with Gasteiger partial charge in [0.25, 0.3) is 0 Å². The number of nitrogens with zero attached hydrogens (tertiary/aromatic N) is 1. The Morgan fingerprint density at radius 3 is 2.88 bits per heavy atom. The fourth-order valence-corrected chi connectivity index (χ4v) is 2.00. The van der Waals surface area contributed by atoms with Crippen molar-refractivity contribution >= 4 is 17.3 Å². The molecule has 4 heteroatoms. The van der Waals surface area contributed by atoms with Crippen LogP contribution in [0.3, 0.4) is 0 Å². The number of nitrogen functional groups attached to an aromatic ring is 1. The molecule has 1 aromatic rings. The summed E-state index contributed by atoms with van der Waals surface area (Å²) in [6.07, 6.45) is 3.70. The summed E-state index contributed by atoms with van der Waals surface area (Å²) in [5.41, 5.74) is 7.08. The van der Waals surface area contributed by atoms with Crippen molar-refractivity contribution in [3.63, 3.8) is 0 Å². The molecule has 0 heterocycles. The van der Waals surface area contributed by atoms with E-state index in [0.29, 0.717) is 18.3 Å². The van der Waals surface area contributed by atoms with Crippen molar-refractivity contribution < 1.29 is 4.79 Å². The zero-order valence-electron chi connectivity index (χ0n) is 10.1. The summed E-state index contributed by atoms with van der Waals surface area (Å²) in [7, 11) is 2.00. The number of carbonyl (C=O) groups excluding carboxylic acids is 1. The second kappa shape index (κ2) is 5.19. The van der Waals surface area contributed by atoms with Crippen LogP contribution in [-0.2, 0) is 4.79 Å². The van der Waals surface area contributed by atoms with Gasteiger partial charge in [0.05, 0.1) is 6.54 Å². The number of benzene rings is 1. The summed E-state index contributed by atoms with van der Waals surface area (Å²) in [6, 6.07) is 7.83. The Labute approximate surface area is 102 Å². The van der Waals surface area contributed by atoms with Crippen molar-refractivity contribution in [1.82, 2.24) is 4.90 Å². The summed E-state index contributed by atoms with van der Waals surface area (Å²) in [4.78, 5) is 13.9. The Morgan fingerprint density at radius 2 is 2.29 bits per heavy atom. The molecular weight excluding hydrogens is 214 g/mol. The van der Waals surface area contributed by atoms with Crippen molar-refractivity contribution in [2.45, 2.75) is 25.3 Å². The number of carbonyl (C=O) groups is 1. The molecule has 1 amide bonds. The van der Waals surface area contributed by atoms with Crippen LogP contribution in [-0.4, -0.2) is 30.4 Å². The standard InChI is InChI=1S/C13H19N3O/c1-16(12-6-3-7-12)9-13(17)15-11-5-2-4-10(14)8-11/h2,4-5,8,12H,3,6-7,9,14H2,1H3,(H,15,17). The van der Waals surface area contributed by atoms with Crippen LogP contribution in [0.5, 0.6) is 0 Å². The molecule has 0 unspecified atom stereocenters. The maximum absolute atomic E-state index is 11.8. The van der Waals surface area contributed by atoms with E-state index in [1.807, 2.05) is 19.2 Å². The predicted octanol–water partition coefficient (Wildman–Crippen LogP) is 1.69. The highest BCUT2D eigenvalue weighted by atomic mass is 16.2. The van der Waals surface area contributed by atoms with E-state index in [2.05, 4.69) is 10.2 Å². The molecule has 0 saturated heterocycles. The van der Waals surface area contributed by atoms with Crippen LogP contribution in [0.1, 0.15) is 19.3 Å². The number of nitrogens with two attached hydrogens (primary N) is 1. The molecule has 0 radical (unpaired) electrons.